The summed E-state index contributed by atoms with van der Waals surface area (Å²) in [6, 6.07) is 1.32. The number of rotatable bonds is 2. The van der Waals surface area contributed by atoms with Crippen LogP contribution in [0.25, 0.3) is 0 Å². The number of Topliss-reactive ketones (excluding diaryl/α,β-unsaturated/α-hetero) is 1. The lowest BCUT2D eigenvalue weighted by Gasteiger charge is -1.87. The summed E-state index contributed by atoms with van der Waals surface area (Å²) >= 11 is 0. The fourth-order valence-electron chi connectivity index (χ4n) is 0.758. The maximum absolute atomic E-state index is 10.7. The van der Waals surface area contributed by atoms with Crippen LogP contribution in [0.2, 0.25) is 0 Å². The molecule has 58 valence electrons. The molecule has 0 saturated carbocycles. The Kier molecular flexibility index (Phi) is 1.76. The molecule has 0 spiro atoms. The SMILES string of the molecule is CC(=O)c1oc(C=O)cc1N. The van der Waals surface area contributed by atoms with Gasteiger partial charge in [0, 0.05) is 13.0 Å². The summed E-state index contributed by atoms with van der Waals surface area (Å²) in [6.45, 7) is 1.32. The van der Waals surface area contributed by atoms with E-state index in [2.05, 4.69) is 0 Å². The molecule has 1 aromatic heterocycles. The Balaban J connectivity index is 3.16. The van der Waals surface area contributed by atoms with E-state index in [9.17, 15) is 9.59 Å². The van der Waals surface area contributed by atoms with E-state index in [1.807, 2.05) is 0 Å². The van der Waals surface area contributed by atoms with E-state index >= 15 is 0 Å². The molecule has 1 rings (SSSR count). The van der Waals surface area contributed by atoms with E-state index in [4.69, 9.17) is 10.2 Å². The maximum atomic E-state index is 10.7. The molecule has 0 fully saturated rings. The Morgan fingerprint density at radius 1 is 1.73 bits per heavy atom. The van der Waals surface area contributed by atoms with Gasteiger partial charge in [-0.3, -0.25) is 9.59 Å². The second kappa shape index (κ2) is 2.57. The van der Waals surface area contributed by atoms with Crippen molar-refractivity contribution in [2.24, 2.45) is 0 Å². The molecule has 1 heterocycles. The quantitative estimate of drug-likeness (QED) is 0.505. The molecule has 0 aliphatic carbocycles. The van der Waals surface area contributed by atoms with Crippen LogP contribution in [0.4, 0.5) is 5.69 Å². The van der Waals surface area contributed by atoms with Crippen LogP contribution in [-0.4, -0.2) is 12.1 Å². The van der Waals surface area contributed by atoms with Gasteiger partial charge in [-0.05, 0) is 0 Å². The van der Waals surface area contributed by atoms with Crippen molar-refractivity contribution < 1.29 is 14.0 Å². The third-order valence-corrected chi connectivity index (χ3v) is 1.22. The maximum Gasteiger partial charge on any atom is 0.197 e. The molecule has 11 heavy (non-hydrogen) atoms. The predicted molar refractivity (Wildman–Crippen MR) is 38.5 cm³/mol. The lowest BCUT2D eigenvalue weighted by molar-refractivity contribution is 0.0984. The molecule has 0 unspecified atom stereocenters. The first-order chi connectivity index (χ1) is 5.15. The average molecular weight is 153 g/mol. The summed E-state index contributed by atoms with van der Waals surface area (Å²) in [4.78, 5) is 20.8. The van der Waals surface area contributed by atoms with Crippen LogP contribution >= 0.6 is 0 Å². The summed E-state index contributed by atoms with van der Waals surface area (Å²) < 4.78 is 4.78. The lowest BCUT2D eigenvalue weighted by atomic mass is 10.3. The second-order valence-electron chi connectivity index (χ2n) is 2.11. The molecule has 0 aromatic carbocycles. The molecular formula is C7H7NO3. The number of hydrogen-bond acceptors (Lipinski definition) is 4. The molecule has 1 aromatic rings. The van der Waals surface area contributed by atoms with Gasteiger partial charge in [-0.15, -0.1) is 0 Å². The zero-order chi connectivity index (χ0) is 8.43. The van der Waals surface area contributed by atoms with E-state index < -0.39 is 0 Å². The third-order valence-electron chi connectivity index (χ3n) is 1.22. The van der Waals surface area contributed by atoms with Gasteiger partial charge in [0.15, 0.2) is 23.6 Å². The number of aldehydes is 1. The average Bonchev–Trinajstić information content (AvgIpc) is 2.30. The second-order valence-corrected chi connectivity index (χ2v) is 2.11. The number of anilines is 1. The molecule has 4 nitrogen and oxygen atoms in total. The van der Waals surface area contributed by atoms with Gasteiger partial charge in [-0.1, -0.05) is 0 Å². The van der Waals surface area contributed by atoms with Crippen molar-refractivity contribution >= 4 is 17.8 Å². The van der Waals surface area contributed by atoms with Crippen LogP contribution in [0.15, 0.2) is 10.5 Å². The van der Waals surface area contributed by atoms with E-state index in [-0.39, 0.29) is 23.0 Å². The summed E-state index contributed by atoms with van der Waals surface area (Å²) in [5.74, 6) is -0.157. The number of nitrogen functional groups attached to an aromatic ring is 1. The van der Waals surface area contributed by atoms with Gasteiger partial charge in [0.25, 0.3) is 0 Å². The number of carbonyl (C=O) groups excluding carboxylic acids is 2. The molecular weight excluding hydrogens is 146 g/mol. The normalized spacial score (nSPS) is 9.55. The molecule has 2 N–H and O–H groups in total. The summed E-state index contributed by atoms with van der Waals surface area (Å²) in [7, 11) is 0. The largest absolute Gasteiger partial charge is 0.448 e. The topological polar surface area (TPSA) is 73.3 Å². The number of ketones is 1. The van der Waals surface area contributed by atoms with Crippen molar-refractivity contribution in [2.45, 2.75) is 6.92 Å². The first-order valence-corrected chi connectivity index (χ1v) is 3.00. The van der Waals surface area contributed by atoms with Gasteiger partial charge in [-0.25, -0.2) is 0 Å². The zero-order valence-electron chi connectivity index (χ0n) is 5.96. The van der Waals surface area contributed by atoms with Crippen LogP contribution in [-0.2, 0) is 0 Å². The number of nitrogens with two attached hydrogens (primary N) is 1. The highest BCUT2D eigenvalue weighted by molar-refractivity contribution is 5.97. The van der Waals surface area contributed by atoms with Gasteiger partial charge in [0.2, 0.25) is 0 Å². The molecule has 4 heteroatoms. The first-order valence-electron chi connectivity index (χ1n) is 3.00. The molecule has 0 radical (unpaired) electrons. The fourth-order valence-corrected chi connectivity index (χ4v) is 0.758. The van der Waals surface area contributed by atoms with E-state index in [1.165, 1.54) is 13.0 Å². The Labute approximate surface area is 63.0 Å². The highest BCUT2D eigenvalue weighted by atomic mass is 16.4. The molecule has 0 bridgehead atoms. The highest BCUT2D eigenvalue weighted by Crippen LogP contribution is 2.16. The minimum atomic E-state index is -0.282. The van der Waals surface area contributed by atoms with Crippen LogP contribution in [0, 0.1) is 0 Å². The molecule has 0 saturated heterocycles. The van der Waals surface area contributed by atoms with E-state index in [0.717, 1.165) is 0 Å². The van der Waals surface area contributed by atoms with Gasteiger partial charge >= 0.3 is 0 Å². The van der Waals surface area contributed by atoms with Gasteiger partial charge in [-0.2, -0.15) is 0 Å². The fraction of sp³-hybridized carbons (Fsp3) is 0.143. The Morgan fingerprint density at radius 3 is 2.64 bits per heavy atom. The summed E-state index contributed by atoms with van der Waals surface area (Å²) in [5.41, 5.74) is 5.55. The Morgan fingerprint density at radius 2 is 2.36 bits per heavy atom. The summed E-state index contributed by atoms with van der Waals surface area (Å²) in [6.07, 6.45) is 0.503. The van der Waals surface area contributed by atoms with E-state index in [1.54, 1.807) is 0 Å². The zero-order valence-corrected chi connectivity index (χ0v) is 5.96. The molecule has 0 aliphatic heterocycles. The molecule has 0 atom stereocenters. The first kappa shape index (κ1) is 7.53. The molecule has 0 aliphatic rings. The number of carbonyl (C=O) groups is 2. The Hall–Kier alpha value is -1.58. The minimum Gasteiger partial charge on any atom is -0.448 e. The van der Waals surface area contributed by atoms with Gasteiger partial charge in [0.1, 0.15) is 0 Å². The third kappa shape index (κ3) is 1.29. The van der Waals surface area contributed by atoms with Crippen molar-refractivity contribution in [3.05, 3.63) is 17.6 Å². The number of hydrogen-bond donors (Lipinski definition) is 1. The van der Waals surface area contributed by atoms with E-state index in [0.29, 0.717) is 6.29 Å². The van der Waals surface area contributed by atoms with Crippen LogP contribution in [0.3, 0.4) is 0 Å². The monoisotopic (exact) mass is 153 g/mol. The summed E-state index contributed by atoms with van der Waals surface area (Å²) in [5, 5.41) is 0. The number of furan rings is 1. The Bertz CT molecular complexity index is 301. The highest BCUT2D eigenvalue weighted by Gasteiger charge is 2.11. The van der Waals surface area contributed by atoms with Crippen molar-refractivity contribution in [2.75, 3.05) is 5.73 Å². The van der Waals surface area contributed by atoms with Crippen molar-refractivity contribution in [3.8, 4) is 0 Å². The minimum absolute atomic E-state index is 0.0482. The van der Waals surface area contributed by atoms with Crippen LogP contribution < -0.4 is 5.73 Å². The van der Waals surface area contributed by atoms with Crippen molar-refractivity contribution in [1.29, 1.82) is 0 Å². The standard InChI is InChI=1S/C7H7NO3/c1-4(10)7-6(8)2-5(3-9)11-7/h2-3H,8H2,1H3. The van der Waals surface area contributed by atoms with Gasteiger partial charge < -0.3 is 10.2 Å². The smallest absolute Gasteiger partial charge is 0.197 e. The van der Waals surface area contributed by atoms with Crippen LogP contribution in [0.1, 0.15) is 28.0 Å². The van der Waals surface area contributed by atoms with Gasteiger partial charge in [0.05, 0.1) is 5.69 Å². The van der Waals surface area contributed by atoms with Crippen molar-refractivity contribution in [3.63, 3.8) is 0 Å². The lowest BCUT2D eigenvalue weighted by Crippen LogP contribution is -1.94. The predicted octanol–water partition coefficient (Wildman–Crippen LogP) is 0.877. The molecule has 0 amide bonds. The van der Waals surface area contributed by atoms with Crippen LogP contribution in [0.5, 0.6) is 0 Å². The van der Waals surface area contributed by atoms with Crippen molar-refractivity contribution in [1.82, 2.24) is 0 Å².